The molecule has 0 aliphatic carbocycles. The van der Waals surface area contributed by atoms with Gasteiger partial charge in [-0.15, -0.1) is 0 Å². The average Bonchev–Trinajstić information content (AvgIpc) is 2.98. The number of hydrogen-bond donors (Lipinski definition) is 1. The molecule has 1 amide bonds. The molecule has 0 aromatic heterocycles. The molecule has 4 heteroatoms. The van der Waals surface area contributed by atoms with Crippen LogP contribution in [0.4, 0.5) is 5.69 Å². The van der Waals surface area contributed by atoms with E-state index in [9.17, 15) is 4.79 Å². The molecule has 1 saturated heterocycles. The first kappa shape index (κ1) is 16.6. The summed E-state index contributed by atoms with van der Waals surface area (Å²) in [5.74, 6) is -0.105. The van der Waals surface area contributed by atoms with E-state index in [1.807, 2.05) is 49.4 Å². The quantitative estimate of drug-likeness (QED) is 0.628. The van der Waals surface area contributed by atoms with E-state index in [1.165, 1.54) is 17.3 Å². The maximum atomic E-state index is 12.4. The Bertz CT molecular complexity index is 1080. The van der Waals surface area contributed by atoms with E-state index < -0.39 is 0 Å². The van der Waals surface area contributed by atoms with Gasteiger partial charge in [-0.05, 0) is 65.2 Å². The van der Waals surface area contributed by atoms with Gasteiger partial charge >= 0.3 is 0 Å². The summed E-state index contributed by atoms with van der Waals surface area (Å²) in [6.45, 7) is 4.11. The minimum absolute atomic E-state index is 0.105. The number of aryl methyl sites for hydroxylation is 1. The lowest BCUT2D eigenvalue weighted by Gasteiger charge is -2.04. The van der Waals surface area contributed by atoms with E-state index in [4.69, 9.17) is 0 Å². The molecular formula is C22H18N2OS. The van der Waals surface area contributed by atoms with E-state index in [1.54, 1.807) is 0 Å². The number of carbonyl (C=O) groups is 1. The summed E-state index contributed by atoms with van der Waals surface area (Å²) in [5.41, 5.74) is 4.24. The molecule has 0 unspecified atom stereocenters. The predicted octanol–water partition coefficient (Wildman–Crippen LogP) is 5.35. The first-order chi connectivity index (χ1) is 12.6. The van der Waals surface area contributed by atoms with E-state index in [2.05, 4.69) is 41.5 Å². The maximum Gasteiger partial charge on any atom is 0.264 e. The largest absolute Gasteiger partial charge is 0.300 e. The Hall–Kier alpha value is -2.85. The number of amides is 1. The topological polar surface area (TPSA) is 41.5 Å². The van der Waals surface area contributed by atoms with Crippen molar-refractivity contribution in [3.63, 3.8) is 0 Å². The maximum absolute atomic E-state index is 12.4. The number of carbonyl (C=O) groups excluding carboxylic acids is 1. The summed E-state index contributed by atoms with van der Waals surface area (Å²) < 4.78 is 0. The molecule has 4 rings (SSSR count). The van der Waals surface area contributed by atoms with Crippen molar-refractivity contribution >= 4 is 45.4 Å². The summed E-state index contributed by atoms with van der Waals surface area (Å²) in [5, 5.41) is 5.79. The highest BCUT2D eigenvalue weighted by Crippen LogP contribution is 2.31. The van der Waals surface area contributed by atoms with Crippen LogP contribution in [-0.4, -0.2) is 11.1 Å². The number of benzene rings is 3. The number of aliphatic imine (C=N–C) groups is 1. The van der Waals surface area contributed by atoms with Gasteiger partial charge in [-0.25, -0.2) is 4.99 Å². The summed E-state index contributed by atoms with van der Waals surface area (Å²) in [6.07, 6.45) is 1.94. The first-order valence-electron chi connectivity index (χ1n) is 8.45. The second-order valence-corrected chi connectivity index (χ2v) is 7.30. The Balaban J connectivity index is 1.69. The number of fused-ring (bicyclic) bond motifs is 1. The zero-order valence-electron chi connectivity index (χ0n) is 14.6. The Morgan fingerprint density at radius 3 is 2.62 bits per heavy atom. The van der Waals surface area contributed by atoms with E-state index in [0.717, 1.165) is 27.6 Å². The number of rotatable bonds is 2. The highest BCUT2D eigenvalue weighted by molar-refractivity contribution is 8.18. The minimum Gasteiger partial charge on any atom is -0.300 e. The predicted molar refractivity (Wildman–Crippen MR) is 111 cm³/mol. The van der Waals surface area contributed by atoms with Gasteiger partial charge in [0.15, 0.2) is 5.17 Å². The molecule has 3 aromatic rings. The van der Waals surface area contributed by atoms with Gasteiger partial charge in [0, 0.05) is 0 Å². The van der Waals surface area contributed by atoms with Gasteiger partial charge in [-0.3, -0.25) is 4.79 Å². The first-order valence-corrected chi connectivity index (χ1v) is 9.27. The van der Waals surface area contributed by atoms with Crippen molar-refractivity contribution in [3.8, 4) is 0 Å². The summed E-state index contributed by atoms with van der Waals surface area (Å²) in [4.78, 5) is 17.7. The van der Waals surface area contributed by atoms with Crippen molar-refractivity contribution in [1.29, 1.82) is 0 Å². The Morgan fingerprint density at radius 1 is 0.962 bits per heavy atom. The molecule has 3 nitrogen and oxygen atoms in total. The van der Waals surface area contributed by atoms with Crippen molar-refractivity contribution in [3.05, 3.63) is 82.3 Å². The van der Waals surface area contributed by atoms with E-state index in [0.29, 0.717) is 10.1 Å². The molecule has 3 aromatic carbocycles. The van der Waals surface area contributed by atoms with Crippen LogP contribution in [0.1, 0.15) is 16.7 Å². The highest BCUT2D eigenvalue weighted by Gasteiger charge is 2.24. The molecule has 26 heavy (non-hydrogen) atoms. The molecule has 0 atom stereocenters. The van der Waals surface area contributed by atoms with Crippen LogP contribution in [0.25, 0.3) is 16.8 Å². The highest BCUT2D eigenvalue weighted by atomic mass is 32.2. The second kappa shape index (κ2) is 6.81. The van der Waals surface area contributed by atoms with Gasteiger partial charge in [0.1, 0.15) is 0 Å². The smallest absolute Gasteiger partial charge is 0.264 e. The normalized spacial score (nSPS) is 17.2. The second-order valence-electron chi connectivity index (χ2n) is 6.27. The molecular weight excluding hydrogens is 340 g/mol. The summed E-state index contributed by atoms with van der Waals surface area (Å²) in [7, 11) is 0. The van der Waals surface area contributed by atoms with Crippen LogP contribution in [0, 0.1) is 13.8 Å². The molecule has 128 valence electrons. The SMILES string of the molecule is Cc1cccc(N=C2NC(=O)/C(=C\c3cccc4ccccc34)S2)c1C. The van der Waals surface area contributed by atoms with Gasteiger partial charge in [-0.1, -0.05) is 54.6 Å². The third-order valence-electron chi connectivity index (χ3n) is 4.56. The lowest BCUT2D eigenvalue weighted by Crippen LogP contribution is -2.19. The standard InChI is InChI=1S/C22H18N2OS/c1-14-7-5-12-19(15(14)2)23-22-24-21(25)20(26-22)13-17-10-6-9-16-8-3-4-11-18(16)17/h3-13H,1-2H3,(H,23,24,25)/b20-13+. The number of nitrogens with zero attached hydrogens (tertiary/aromatic N) is 1. The Labute approximate surface area is 156 Å². The summed E-state index contributed by atoms with van der Waals surface area (Å²) >= 11 is 1.38. The average molecular weight is 358 g/mol. The van der Waals surface area contributed by atoms with Gasteiger partial charge in [-0.2, -0.15) is 0 Å². The van der Waals surface area contributed by atoms with Crippen molar-refractivity contribution in [2.75, 3.05) is 0 Å². The lowest BCUT2D eigenvalue weighted by molar-refractivity contribution is -0.115. The van der Waals surface area contributed by atoms with E-state index >= 15 is 0 Å². The van der Waals surface area contributed by atoms with Gasteiger partial charge in [0.25, 0.3) is 5.91 Å². The molecule has 0 spiro atoms. The van der Waals surface area contributed by atoms with Crippen LogP contribution >= 0.6 is 11.8 Å². The monoisotopic (exact) mass is 358 g/mol. The van der Waals surface area contributed by atoms with Gasteiger partial charge in [0.05, 0.1) is 10.6 Å². The minimum atomic E-state index is -0.105. The van der Waals surface area contributed by atoms with Crippen LogP contribution in [0.5, 0.6) is 0 Å². The number of nitrogens with one attached hydrogen (secondary N) is 1. The van der Waals surface area contributed by atoms with Crippen molar-refractivity contribution in [1.82, 2.24) is 5.32 Å². The van der Waals surface area contributed by atoms with Crippen LogP contribution in [0.2, 0.25) is 0 Å². The lowest BCUT2D eigenvalue weighted by atomic mass is 10.0. The summed E-state index contributed by atoms with van der Waals surface area (Å²) in [6, 6.07) is 20.3. The van der Waals surface area contributed by atoms with Crippen LogP contribution in [0.15, 0.2) is 70.6 Å². The third-order valence-corrected chi connectivity index (χ3v) is 5.47. The Kier molecular flexibility index (Phi) is 4.35. The molecule has 1 aliphatic heterocycles. The molecule has 0 bridgehead atoms. The van der Waals surface area contributed by atoms with Crippen LogP contribution in [-0.2, 0) is 4.79 Å². The van der Waals surface area contributed by atoms with Crippen molar-refractivity contribution < 1.29 is 4.79 Å². The molecule has 1 N–H and O–H groups in total. The molecule has 1 aliphatic rings. The Morgan fingerprint density at radius 2 is 1.73 bits per heavy atom. The number of hydrogen-bond acceptors (Lipinski definition) is 3. The van der Waals surface area contributed by atoms with Crippen molar-refractivity contribution in [2.45, 2.75) is 13.8 Å². The van der Waals surface area contributed by atoms with Gasteiger partial charge in [0.2, 0.25) is 0 Å². The molecule has 0 saturated carbocycles. The fraction of sp³-hybridized carbons (Fsp3) is 0.0909. The number of amidine groups is 1. The van der Waals surface area contributed by atoms with Gasteiger partial charge < -0.3 is 5.32 Å². The number of thioether (sulfide) groups is 1. The molecule has 1 fully saturated rings. The zero-order valence-corrected chi connectivity index (χ0v) is 15.4. The molecule has 0 radical (unpaired) electrons. The van der Waals surface area contributed by atoms with Crippen LogP contribution < -0.4 is 5.32 Å². The fourth-order valence-electron chi connectivity index (χ4n) is 2.96. The van der Waals surface area contributed by atoms with E-state index in [-0.39, 0.29) is 5.91 Å². The third kappa shape index (κ3) is 3.16. The van der Waals surface area contributed by atoms with Crippen LogP contribution in [0.3, 0.4) is 0 Å². The van der Waals surface area contributed by atoms with Crippen molar-refractivity contribution in [2.24, 2.45) is 4.99 Å². The zero-order chi connectivity index (χ0) is 18.1. The fourth-order valence-corrected chi connectivity index (χ4v) is 3.79. The molecule has 1 heterocycles.